The molecule has 0 rings (SSSR count). The number of halogens is 2. The Balaban J connectivity index is 4.93. The van der Waals surface area contributed by atoms with Gasteiger partial charge in [0, 0.05) is 4.57 Å². The Morgan fingerprint density at radius 2 is 1.05 bits per heavy atom. The summed E-state index contributed by atoms with van der Waals surface area (Å²) in [6.45, 7) is 8.46. The number of hydrogen-bond donors (Lipinski definition) is 0. The third-order valence-corrected chi connectivity index (χ3v) is 3.46. The van der Waals surface area contributed by atoms with Gasteiger partial charge in [-0.15, -0.1) is 0 Å². The standard InChI is InChI=1S/C12H20Br2O7P/c1-5-16-9(13)11(18-7-3)20-22(15)21-12(19-8-4)10(14)17-6-2/h5-8H2,1-4H3/q+1/b11-9+,12-10+. The van der Waals surface area contributed by atoms with Crippen molar-refractivity contribution in [2.45, 2.75) is 27.7 Å². The van der Waals surface area contributed by atoms with Crippen LogP contribution in [0, 0.1) is 0 Å². The molecule has 128 valence electrons. The Labute approximate surface area is 148 Å². The van der Waals surface area contributed by atoms with Crippen molar-refractivity contribution in [2.24, 2.45) is 0 Å². The van der Waals surface area contributed by atoms with Crippen molar-refractivity contribution in [3.63, 3.8) is 0 Å². The van der Waals surface area contributed by atoms with E-state index in [0.29, 0.717) is 26.4 Å². The zero-order valence-electron chi connectivity index (χ0n) is 12.9. The lowest BCUT2D eigenvalue weighted by molar-refractivity contribution is 0.0620. The van der Waals surface area contributed by atoms with E-state index >= 15 is 0 Å². The van der Waals surface area contributed by atoms with E-state index in [9.17, 15) is 4.57 Å². The fraction of sp³-hybridized carbons (Fsp3) is 0.667. The van der Waals surface area contributed by atoms with E-state index in [4.69, 9.17) is 28.0 Å². The van der Waals surface area contributed by atoms with Crippen molar-refractivity contribution in [1.82, 2.24) is 0 Å². The minimum absolute atomic E-state index is 0.0751. The Kier molecular flexibility index (Phi) is 12.5. The minimum atomic E-state index is -2.60. The highest BCUT2D eigenvalue weighted by atomic mass is 79.9. The van der Waals surface area contributed by atoms with Crippen LogP contribution in [0.2, 0.25) is 0 Å². The van der Waals surface area contributed by atoms with E-state index in [-0.39, 0.29) is 21.2 Å². The third kappa shape index (κ3) is 8.70. The maximum Gasteiger partial charge on any atom is 0.812 e. The van der Waals surface area contributed by atoms with Crippen LogP contribution in [0.1, 0.15) is 27.7 Å². The summed E-state index contributed by atoms with van der Waals surface area (Å²) in [6.07, 6.45) is 0. The Morgan fingerprint density at radius 3 is 1.32 bits per heavy atom. The number of rotatable bonds is 12. The highest BCUT2D eigenvalue weighted by molar-refractivity contribution is 9.11. The lowest BCUT2D eigenvalue weighted by atomic mass is 10.8. The first-order valence-corrected chi connectivity index (χ1v) is 9.32. The highest BCUT2D eigenvalue weighted by Gasteiger charge is 2.33. The molecule has 0 aliphatic heterocycles. The van der Waals surface area contributed by atoms with Crippen LogP contribution in [0.3, 0.4) is 0 Å². The SMILES string of the molecule is CCO/C(Br)=C(\OCC)O[P+](=O)O/C(OCC)=C(\Br)OCC. The maximum atomic E-state index is 12.0. The topological polar surface area (TPSA) is 72.5 Å². The maximum absolute atomic E-state index is 12.0. The van der Waals surface area contributed by atoms with Crippen LogP contribution in [0.25, 0.3) is 0 Å². The molecule has 0 bridgehead atoms. The van der Waals surface area contributed by atoms with Crippen LogP contribution in [0.4, 0.5) is 0 Å². The summed E-state index contributed by atoms with van der Waals surface area (Å²) in [6, 6.07) is 0. The molecule has 0 aromatic rings. The summed E-state index contributed by atoms with van der Waals surface area (Å²) >= 11 is 6.26. The van der Waals surface area contributed by atoms with Crippen molar-refractivity contribution in [1.29, 1.82) is 0 Å². The summed E-state index contributed by atoms with van der Waals surface area (Å²) in [5.74, 6) is -0.150. The highest BCUT2D eigenvalue weighted by Crippen LogP contribution is 2.35. The van der Waals surface area contributed by atoms with Gasteiger partial charge in [0.05, 0.1) is 26.4 Å². The average Bonchev–Trinajstić information content (AvgIpc) is 2.46. The van der Waals surface area contributed by atoms with Crippen LogP contribution in [0.5, 0.6) is 0 Å². The zero-order valence-corrected chi connectivity index (χ0v) is 17.0. The van der Waals surface area contributed by atoms with Crippen LogP contribution >= 0.6 is 40.1 Å². The Morgan fingerprint density at radius 1 is 0.727 bits per heavy atom. The van der Waals surface area contributed by atoms with Crippen molar-refractivity contribution in [2.75, 3.05) is 26.4 Å². The Bertz CT molecular complexity index is 376. The molecular weight excluding hydrogens is 447 g/mol. The molecule has 0 N–H and O–H groups in total. The molecule has 0 atom stereocenters. The predicted octanol–water partition coefficient (Wildman–Crippen LogP) is 4.87. The van der Waals surface area contributed by atoms with E-state index in [1.54, 1.807) is 27.7 Å². The van der Waals surface area contributed by atoms with Crippen LogP contribution in [0.15, 0.2) is 21.2 Å². The Hall–Kier alpha value is -0.660. The van der Waals surface area contributed by atoms with Crippen LogP contribution in [-0.4, -0.2) is 26.4 Å². The molecule has 0 fully saturated rings. The second-order valence-corrected chi connectivity index (χ2v) is 5.51. The van der Waals surface area contributed by atoms with Gasteiger partial charge < -0.3 is 18.9 Å². The molecule has 0 saturated carbocycles. The van der Waals surface area contributed by atoms with Gasteiger partial charge in [-0.25, -0.2) is 0 Å². The van der Waals surface area contributed by atoms with Gasteiger partial charge in [0.25, 0.3) is 0 Å². The molecule has 0 aromatic heterocycles. The molecule has 0 unspecified atom stereocenters. The largest absolute Gasteiger partial charge is 0.812 e. The summed E-state index contributed by atoms with van der Waals surface area (Å²) < 4.78 is 43.3. The van der Waals surface area contributed by atoms with E-state index in [2.05, 4.69) is 31.9 Å². The fourth-order valence-electron chi connectivity index (χ4n) is 1.03. The molecule has 10 heteroatoms. The van der Waals surface area contributed by atoms with Gasteiger partial charge in [0.2, 0.25) is 9.34 Å². The first kappa shape index (κ1) is 21.3. The molecular formula is C12H20Br2O7P+. The summed E-state index contributed by atoms with van der Waals surface area (Å²) in [5.41, 5.74) is 0. The summed E-state index contributed by atoms with van der Waals surface area (Å²) in [4.78, 5) is 0. The molecule has 0 aliphatic rings. The van der Waals surface area contributed by atoms with Crippen molar-refractivity contribution in [3.05, 3.63) is 21.2 Å². The lowest BCUT2D eigenvalue weighted by Crippen LogP contribution is -2.02. The molecule has 0 saturated heterocycles. The summed E-state index contributed by atoms with van der Waals surface area (Å²) in [7, 11) is -2.60. The summed E-state index contributed by atoms with van der Waals surface area (Å²) in [5, 5.41) is 0. The molecule has 0 aromatic carbocycles. The minimum Gasteiger partial charge on any atom is -0.481 e. The van der Waals surface area contributed by atoms with E-state index in [1.807, 2.05) is 0 Å². The molecule has 7 nitrogen and oxygen atoms in total. The molecule has 22 heavy (non-hydrogen) atoms. The van der Waals surface area contributed by atoms with Gasteiger partial charge in [0.1, 0.15) is 0 Å². The van der Waals surface area contributed by atoms with Gasteiger partial charge in [-0.05, 0) is 59.6 Å². The molecule has 0 amide bonds. The molecule has 0 heterocycles. The predicted molar refractivity (Wildman–Crippen MR) is 88.2 cm³/mol. The quantitative estimate of drug-likeness (QED) is 0.300. The first-order valence-electron chi connectivity index (χ1n) is 6.63. The third-order valence-electron chi connectivity index (χ3n) is 1.73. The first-order chi connectivity index (χ1) is 10.5. The van der Waals surface area contributed by atoms with Crippen LogP contribution < -0.4 is 0 Å². The lowest BCUT2D eigenvalue weighted by Gasteiger charge is -2.07. The smallest absolute Gasteiger partial charge is 0.481 e. The molecule has 0 spiro atoms. The number of hydrogen-bond acceptors (Lipinski definition) is 7. The molecule has 0 aliphatic carbocycles. The van der Waals surface area contributed by atoms with Crippen molar-refractivity contribution in [3.8, 4) is 0 Å². The van der Waals surface area contributed by atoms with Crippen molar-refractivity contribution >= 4 is 40.1 Å². The monoisotopic (exact) mass is 465 g/mol. The molecule has 0 radical (unpaired) electrons. The second kappa shape index (κ2) is 12.8. The van der Waals surface area contributed by atoms with Gasteiger partial charge in [-0.2, -0.15) is 9.05 Å². The van der Waals surface area contributed by atoms with E-state index < -0.39 is 8.25 Å². The zero-order chi connectivity index (χ0) is 17.0. The van der Waals surface area contributed by atoms with Gasteiger partial charge in [0.15, 0.2) is 0 Å². The normalized spacial score (nSPS) is 12.6. The second-order valence-electron chi connectivity index (χ2n) is 3.26. The fourth-order valence-corrected chi connectivity index (χ4v) is 2.70. The van der Waals surface area contributed by atoms with E-state index in [1.165, 1.54) is 0 Å². The van der Waals surface area contributed by atoms with Crippen LogP contribution in [-0.2, 0) is 32.6 Å². The number of ether oxygens (including phenoxy) is 4. The van der Waals surface area contributed by atoms with Gasteiger partial charge in [-0.1, -0.05) is 0 Å². The average molecular weight is 467 g/mol. The van der Waals surface area contributed by atoms with Gasteiger partial charge in [-0.3, -0.25) is 0 Å². The van der Waals surface area contributed by atoms with Crippen molar-refractivity contribution < 1.29 is 32.6 Å². The van der Waals surface area contributed by atoms with E-state index in [0.717, 1.165) is 0 Å². The van der Waals surface area contributed by atoms with Gasteiger partial charge >= 0.3 is 20.1 Å².